The van der Waals surface area contributed by atoms with Gasteiger partial charge in [0.2, 0.25) is 5.91 Å². The Morgan fingerprint density at radius 2 is 2.00 bits per heavy atom. The van der Waals surface area contributed by atoms with E-state index in [4.69, 9.17) is 5.73 Å². The average Bonchev–Trinajstić information content (AvgIpc) is 2.76. The van der Waals surface area contributed by atoms with E-state index < -0.39 is 5.91 Å². The molecule has 6 heteroatoms. The van der Waals surface area contributed by atoms with Crippen LogP contribution in [0.2, 0.25) is 0 Å². The molecule has 19 heavy (non-hydrogen) atoms. The van der Waals surface area contributed by atoms with Crippen LogP contribution < -0.4 is 5.73 Å². The maximum atomic E-state index is 12.4. The van der Waals surface area contributed by atoms with Crippen molar-refractivity contribution in [3.05, 3.63) is 18.0 Å². The summed E-state index contributed by atoms with van der Waals surface area (Å²) in [6, 6.07) is 2.01. The highest BCUT2D eigenvalue weighted by Gasteiger charge is 2.29. The molecule has 0 bridgehead atoms. The van der Waals surface area contributed by atoms with E-state index in [1.807, 2.05) is 4.90 Å². The molecular weight excluding hydrogens is 244 g/mol. The zero-order valence-electron chi connectivity index (χ0n) is 11.4. The van der Waals surface area contributed by atoms with Gasteiger partial charge in [0.1, 0.15) is 12.2 Å². The van der Waals surface area contributed by atoms with E-state index in [0.29, 0.717) is 0 Å². The van der Waals surface area contributed by atoms with E-state index in [-0.39, 0.29) is 30.2 Å². The van der Waals surface area contributed by atoms with Gasteiger partial charge >= 0.3 is 0 Å². The lowest BCUT2D eigenvalue weighted by molar-refractivity contribution is -0.138. The number of primary amides is 1. The Labute approximate surface area is 112 Å². The summed E-state index contributed by atoms with van der Waals surface area (Å²) in [5, 5.41) is 3.99. The molecule has 0 aromatic carbocycles. The third-order valence-electron chi connectivity index (χ3n) is 3.74. The number of nitrogens with two attached hydrogens (primary N) is 1. The Hall–Kier alpha value is -1.85. The first-order valence-corrected chi connectivity index (χ1v) is 6.63. The summed E-state index contributed by atoms with van der Waals surface area (Å²) in [7, 11) is 0. The molecule has 2 amide bonds. The number of piperidine rings is 1. The predicted molar refractivity (Wildman–Crippen MR) is 70.4 cm³/mol. The first-order valence-electron chi connectivity index (χ1n) is 6.63. The molecule has 2 N–H and O–H groups in total. The van der Waals surface area contributed by atoms with Gasteiger partial charge in [0.15, 0.2) is 0 Å². The van der Waals surface area contributed by atoms with Gasteiger partial charge in [-0.1, -0.05) is 0 Å². The molecule has 1 aromatic rings. The lowest BCUT2D eigenvalue weighted by atomic mass is 9.97. The minimum absolute atomic E-state index is 0.00843. The molecule has 104 valence electrons. The molecule has 6 nitrogen and oxygen atoms in total. The van der Waals surface area contributed by atoms with Crippen molar-refractivity contribution in [2.75, 3.05) is 0 Å². The Balaban J connectivity index is 2.12. The third-order valence-corrected chi connectivity index (χ3v) is 3.74. The number of nitrogens with zero attached hydrogens (tertiary/aromatic N) is 3. The Bertz CT molecular complexity index is 473. The fourth-order valence-corrected chi connectivity index (χ4v) is 2.79. The number of carbonyl (C=O) groups is 2. The van der Waals surface area contributed by atoms with Crippen molar-refractivity contribution in [3.8, 4) is 0 Å². The zero-order valence-corrected chi connectivity index (χ0v) is 11.4. The van der Waals surface area contributed by atoms with Crippen LogP contribution in [-0.2, 0) is 11.3 Å². The van der Waals surface area contributed by atoms with Crippen LogP contribution in [0.15, 0.2) is 12.3 Å². The van der Waals surface area contributed by atoms with Gasteiger partial charge in [-0.25, -0.2) is 0 Å². The van der Waals surface area contributed by atoms with E-state index in [1.165, 1.54) is 16.9 Å². The first-order chi connectivity index (χ1) is 9.00. The molecule has 0 aliphatic carbocycles. The molecule has 1 saturated heterocycles. The second-order valence-electron chi connectivity index (χ2n) is 5.17. The van der Waals surface area contributed by atoms with Crippen molar-refractivity contribution in [1.29, 1.82) is 0 Å². The smallest absolute Gasteiger partial charge is 0.266 e. The van der Waals surface area contributed by atoms with Crippen LogP contribution in [-0.4, -0.2) is 38.6 Å². The van der Waals surface area contributed by atoms with Gasteiger partial charge < -0.3 is 10.6 Å². The number of likely N-dealkylation sites (tertiary alicyclic amines) is 1. The number of hydrogen-bond acceptors (Lipinski definition) is 3. The number of aromatic nitrogens is 2. The van der Waals surface area contributed by atoms with E-state index in [0.717, 1.165) is 19.3 Å². The molecule has 2 atom stereocenters. The normalized spacial score (nSPS) is 23.4. The minimum atomic E-state index is -0.565. The van der Waals surface area contributed by atoms with Crippen LogP contribution in [0.1, 0.15) is 43.6 Å². The van der Waals surface area contributed by atoms with Crippen LogP contribution in [0.5, 0.6) is 0 Å². The molecule has 0 radical (unpaired) electrons. The molecule has 0 spiro atoms. The largest absolute Gasteiger partial charge is 0.364 e. The maximum absolute atomic E-state index is 12.4. The van der Waals surface area contributed by atoms with Gasteiger partial charge in [0, 0.05) is 18.3 Å². The van der Waals surface area contributed by atoms with Crippen LogP contribution in [0.25, 0.3) is 0 Å². The van der Waals surface area contributed by atoms with Crippen LogP contribution in [0.3, 0.4) is 0 Å². The maximum Gasteiger partial charge on any atom is 0.266 e. The van der Waals surface area contributed by atoms with Crippen molar-refractivity contribution >= 4 is 11.8 Å². The van der Waals surface area contributed by atoms with Gasteiger partial charge in [-0.15, -0.1) is 0 Å². The summed E-state index contributed by atoms with van der Waals surface area (Å²) in [4.78, 5) is 25.5. The highest BCUT2D eigenvalue weighted by Crippen LogP contribution is 2.22. The summed E-state index contributed by atoms with van der Waals surface area (Å²) in [6.45, 7) is 4.19. The van der Waals surface area contributed by atoms with Gasteiger partial charge in [-0.2, -0.15) is 5.10 Å². The van der Waals surface area contributed by atoms with E-state index in [9.17, 15) is 9.59 Å². The van der Waals surface area contributed by atoms with Gasteiger partial charge in [0.05, 0.1) is 0 Å². The van der Waals surface area contributed by atoms with Crippen molar-refractivity contribution in [2.45, 2.75) is 51.7 Å². The lowest BCUT2D eigenvalue weighted by Crippen LogP contribution is -2.49. The molecule has 1 aliphatic rings. The quantitative estimate of drug-likeness (QED) is 0.875. The monoisotopic (exact) mass is 264 g/mol. The Morgan fingerprint density at radius 1 is 1.37 bits per heavy atom. The molecule has 1 aliphatic heterocycles. The van der Waals surface area contributed by atoms with E-state index in [2.05, 4.69) is 18.9 Å². The predicted octanol–water partition coefficient (Wildman–Crippen LogP) is 0.771. The van der Waals surface area contributed by atoms with Crippen molar-refractivity contribution in [2.24, 2.45) is 5.73 Å². The Kier molecular flexibility index (Phi) is 3.87. The fourth-order valence-electron chi connectivity index (χ4n) is 2.79. The SMILES string of the molecule is C[C@H]1CCC[C@H](C)N1C(=O)Cn1nccc1C(N)=O. The first kappa shape index (κ1) is 13.6. The summed E-state index contributed by atoms with van der Waals surface area (Å²) < 4.78 is 1.37. The molecular formula is C13H20N4O2. The van der Waals surface area contributed by atoms with E-state index >= 15 is 0 Å². The highest BCUT2D eigenvalue weighted by molar-refractivity contribution is 5.91. The number of hydrogen-bond donors (Lipinski definition) is 1. The molecule has 0 unspecified atom stereocenters. The molecule has 2 heterocycles. The summed E-state index contributed by atoms with van der Waals surface area (Å²) >= 11 is 0. The summed E-state index contributed by atoms with van der Waals surface area (Å²) in [5.41, 5.74) is 5.51. The second kappa shape index (κ2) is 5.42. The van der Waals surface area contributed by atoms with Gasteiger partial charge in [-0.3, -0.25) is 14.3 Å². The number of rotatable bonds is 3. The van der Waals surface area contributed by atoms with Crippen molar-refractivity contribution in [3.63, 3.8) is 0 Å². The molecule has 1 fully saturated rings. The van der Waals surface area contributed by atoms with Crippen LogP contribution in [0, 0.1) is 0 Å². The van der Waals surface area contributed by atoms with Crippen LogP contribution in [0.4, 0.5) is 0 Å². The summed E-state index contributed by atoms with van der Waals surface area (Å²) in [6.07, 6.45) is 4.69. The average molecular weight is 264 g/mol. The molecule has 1 aromatic heterocycles. The number of amides is 2. The number of carbonyl (C=O) groups excluding carboxylic acids is 2. The third kappa shape index (κ3) is 2.77. The summed E-state index contributed by atoms with van der Waals surface area (Å²) in [5.74, 6) is -0.573. The Morgan fingerprint density at radius 3 is 2.58 bits per heavy atom. The standard InChI is InChI=1S/C13H20N4O2/c1-9-4-3-5-10(2)17(9)12(18)8-16-11(13(14)19)6-7-15-16/h6-7,9-10H,3-5,8H2,1-2H3,(H2,14,19)/t9-,10-/m0/s1. The van der Waals surface area contributed by atoms with Crippen LogP contribution >= 0.6 is 0 Å². The highest BCUT2D eigenvalue weighted by atomic mass is 16.2. The van der Waals surface area contributed by atoms with Gasteiger partial charge in [-0.05, 0) is 39.2 Å². The van der Waals surface area contributed by atoms with Crippen molar-refractivity contribution < 1.29 is 9.59 Å². The zero-order chi connectivity index (χ0) is 14.0. The minimum Gasteiger partial charge on any atom is -0.364 e. The second-order valence-corrected chi connectivity index (χ2v) is 5.17. The van der Waals surface area contributed by atoms with Gasteiger partial charge in [0.25, 0.3) is 5.91 Å². The lowest BCUT2D eigenvalue weighted by Gasteiger charge is -2.39. The van der Waals surface area contributed by atoms with Crippen molar-refractivity contribution in [1.82, 2.24) is 14.7 Å². The molecule has 0 saturated carbocycles. The van der Waals surface area contributed by atoms with E-state index in [1.54, 1.807) is 0 Å². The topological polar surface area (TPSA) is 81.2 Å². The fraction of sp³-hybridized carbons (Fsp3) is 0.615. The molecule has 2 rings (SSSR count).